The fourth-order valence-corrected chi connectivity index (χ4v) is 5.89. The molecule has 0 saturated carbocycles. The Kier molecular flexibility index (Phi) is 7.03. The molecule has 1 saturated heterocycles. The number of benzene rings is 3. The molecule has 1 amide bonds. The monoisotopic (exact) mass is 610 g/mol. The number of pyridine rings is 1. The zero-order valence-corrected chi connectivity index (χ0v) is 22.4. The quantitative estimate of drug-likeness (QED) is 0.136. The maximum atomic E-state index is 13.4. The molecule has 2 heterocycles. The van der Waals surface area contributed by atoms with Gasteiger partial charge in [0.2, 0.25) is 0 Å². The van der Waals surface area contributed by atoms with Crippen molar-refractivity contribution in [3.63, 3.8) is 0 Å². The highest BCUT2D eigenvalue weighted by atomic mass is 127. The van der Waals surface area contributed by atoms with Crippen molar-refractivity contribution in [1.82, 2.24) is 4.98 Å². The van der Waals surface area contributed by atoms with Crippen molar-refractivity contribution in [2.75, 3.05) is 12.0 Å². The van der Waals surface area contributed by atoms with Crippen LogP contribution in [0.4, 0.5) is 5.69 Å². The highest BCUT2D eigenvalue weighted by Crippen LogP contribution is 2.40. The number of amides is 1. The van der Waals surface area contributed by atoms with Gasteiger partial charge in [-0.1, -0.05) is 66.4 Å². The number of aromatic nitrogens is 1. The van der Waals surface area contributed by atoms with Gasteiger partial charge in [0.15, 0.2) is 15.8 Å². The minimum absolute atomic E-state index is 0.138. The van der Waals surface area contributed by atoms with Gasteiger partial charge in [0, 0.05) is 11.6 Å². The van der Waals surface area contributed by atoms with Crippen LogP contribution in [0.1, 0.15) is 11.3 Å². The van der Waals surface area contributed by atoms with E-state index in [1.165, 1.54) is 11.8 Å². The summed E-state index contributed by atoms with van der Waals surface area (Å²) in [6.07, 6.45) is 3.58. The van der Waals surface area contributed by atoms with E-state index in [-0.39, 0.29) is 5.91 Å². The van der Waals surface area contributed by atoms with Crippen LogP contribution in [-0.4, -0.2) is 22.3 Å². The summed E-state index contributed by atoms with van der Waals surface area (Å²) in [5.41, 5.74) is 2.45. The molecule has 35 heavy (non-hydrogen) atoms. The maximum Gasteiger partial charge on any atom is 0.270 e. The number of methoxy groups -OCH3 is 1. The average molecular weight is 610 g/mol. The van der Waals surface area contributed by atoms with Crippen LogP contribution in [0, 0.1) is 3.57 Å². The van der Waals surface area contributed by atoms with Gasteiger partial charge >= 0.3 is 0 Å². The van der Waals surface area contributed by atoms with Crippen molar-refractivity contribution < 1.29 is 14.3 Å². The summed E-state index contributed by atoms with van der Waals surface area (Å²) in [5, 5.41) is 2.04. The van der Waals surface area contributed by atoms with E-state index in [1.807, 2.05) is 78.9 Å². The van der Waals surface area contributed by atoms with Gasteiger partial charge in [0.1, 0.15) is 6.61 Å². The first kappa shape index (κ1) is 23.8. The zero-order valence-electron chi connectivity index (χ0n) is 18.6. The fraction of sp³-hybridized carbons (Fsp3) is 0.0741. The Labute approximate surface area is 226 Å². The van der Waals surface area contributed by atoms with Gasteiger partial charge < -0.3 is 9.47 Å². The molecule has 1 aromatic heterocycles. The van der Waals surface area contributed by atoms with E-state index in [4.69, 9.17) is 21.7 Å². The van der Waals surface area contributed by atoms with E-state index in [2.05, 4.69) is 27.6 Å². The predicted octanol–water partition coefficient (Wildman–Crippen LogP) is 6.83. The summed E-state index contributed by atoms with van der Waals surface area (Å²) in [6, 6.07) is 23.4. The van der Waals surface area contributed by atoms with Crippen LogP contribution in [0.3, 0.4) is 0 Å². The molecule has 4 aromatic rings. The number of hydrogen-bond donors (Lipinski definition) is 0. The second-order valence-electron chi connectivity index (χ2n) is 7.66. The molecule has 3 aromatic carbocycles. The number of carbonyl (C=O) groups is 1. The van der Waals surface area contributed by atoms with Gasteiger partial charge in [0.05, 0.1) is 27.0 Å². The maximum absolute atomic E-state index is 13.4. The number of halogens is 1. The molecule has 0 bridgehead atoms. The average Bonchev–Trinajstić information content (AvgIpc) is 3.15. The van der Waals surface area contributed by atoms with Gasteiger partial charge in [-0.25, -0.2) is 0 Å². The molecular formula is C27H19IN2O3S2. The lowest BCUT2D eigenvalue weighted by molar-refractivity contribution is -0.113. The van der Waals surface area contributed by atoms with Gasteiger partial charge in [0.25, 0.3) is 5.91 Å². The number of ether oxygens (including phenoxy) is 2. The minimum Gasteiger partial charge on any atom is -0.493 e. The normalized spacial score (nSPS) is 14.7. The largest absolute Gasteiger partial charge is 0.493 e. The molecule has 1 aliphatic rings. The minimum atomic E-state index is -0.138. The Bertz CT molecular complexity index is 1470. The van der Waals surface area contributed by atoms with Crippen LogP contribution in [0.2, 0.25) is 0 Å². The number of hydrogen-bond acceptors (Lipinski definition) is 6. The molecular weight excluding hydrogens is 591 g/mol. The summed E-state index contributed by atoms with van der Waals surface area (Å²) in [5.74, 6) is 1.09. The number of nitrogens with zero attached hydrogens (tertiary/aromatic N) is 2. The summed E-state index contributed by atoms with van der Waals surface area (Å²) in [4.78, 5) is 19.9. The molecule has 0 radical (unpaired) electrons. The summed E-state index contributed by atoms with van der Waals surface area (Å²) in [7, 11) is 1.60. The van der Waals surface area contributed by atoms with Gasteiger partial charge in [-0.05, 0) is 69.9 Å². The Morgan fingerprint density at radius 2 is 1.89 bits per heavy atom. The van der Waals surface area contributed by atoms with Gasteiger partial charge in [-0.2, -0.15) is 0 Å². The molecule has 5 rings (SSSR count). The first-order valence-corrected chi connectivity index (χ1v) is 13.0. The van der Waals surface area contributed by atoms with Crippen molar-refractivity contribution >= 4 is 79.3 Å². The number of anilines is 1. The van der Waals surface area contributed by atoms with Crippen molar-refractivity contribution in [2.24, 2.45) is 0 Å². The number of carbonyl (C=O) groups excluding carboxylic acids is 1. The van der Waals surface area contributed by atoms with Crippen molar-refractivity contribution in [2.45, 2.75) is 6.61 Å². The van der Waals surface area contributed by atoms with Crippen LogP contribution in [-0.2, 0) is 11.4 Å². The van der Waals surface area contributed by atoms with Crippen molar-refractivity contribution in [3.05, 3.63) is 98.7 Å². The molecule has 0 unspecified atom stereocenters. The molecule has 8 heteroatoms. The first-order valence-electron chi connectivity index (χ1n) is 10.7. The summed E-state index contributed by atoms with van der Waals surface area (Å²) >= 11 is 9.12. The topological polar surface area (TPSA) is 51.7 Å². The van der Waals surface area contributed by atoms with Crippen LogP contribution < -0.4 is 14.4 Å². The predicted molar refractivity (Wildman–Crippen MR) is 154 cm³/mol. The Morgan fingerprint density at radius 3 is 2.69 bits per heavy atom. The third-order valence-electron chi connectivity index (χ3n) is 5.44. The molecule has 174 valence electrons. The second-order valence-corrected chi connectivity index (χ2v) is 10.5. The molecule has 1 aliphatic heterocycles. The van der Waals surface area contributed by atoms with Crippen molar-refractivity contribution in [1.29, 1.82) is 0 Å². The Morgan fingerprint density at radius 1 is 1.09 bits per heavy atom. The SMILES string of the molecule is COc1cc(/C=C2/SC(=S)N(c3cccc4ccccc34)C2=O)cc(I)c1OCc1ccccn1. The van der Waals surface area contributed by atoms with E-state index >= 15 is 0 Å². The van der Waals surface area contributed by atoms with Gasteiger partial charge in [-0.15, -0.1) is 0 Å². The lowest BCUT2D eigenvalue weighted by atomic mass is 10.1. The molecule has 0 spiro atoms. The number of thioether (sulfide) groups is 1. The molecule has 5 nitrogen and oxygen atoms in total. The third kappa shape index (κ3) is 4.91. The lowest BCUT2D eigenvalue weighted by Gasteiger charge is -2.17. The number of thiocarbonyl (C=S) groups is 1. The van der Waals surface area contributed by atoms with E-state index in [0.717, 1.165) is 31.3 Å². The Balaban J connectivity index is 1.44. The summed E-state index contributed by atoms with van der Waals surface area (Å²) in [6.45, 7) is 0.330. The van der Waals surface area contributed by atoms with Gasteiger partial charge in [-0.3, -0.25) is 14.7 Å². The number of fused-ring (bicyclic) bond motifs is 1. The molecule has 0 atom stereocenters. The van der Waals surface area contributed by atoms with E-state index in [0.29, 0.717) is 27.3 Å². The van der Waals surface area contributed by atoms with Crippen LogP contribution in [0.25, 0.3) is 16.8 Å². The third-order valence-corrected chi connectivity index (χ3v) is 7.54. The van der Waals surface area contributed by atoms with E-state index in [1.54, 1.807) is 18.2 Å². The first-order chi connectivity index (χ1) is 17.0. The molecule has 1 fully saturated rings. The molecule has 0 aliphatic carbocycles. The summed E-state index contributed by atoms with van der Waals surface area (Å²) < 4.78 is 13.0. The highest BCUT2D eigenvalue weighted by Gasteiger charge is 2.34. The van der Waals surface area contributed by atoms with Crippen LogP contribution in [0.15, 0.2) is 83.9 Å². The van der Waals surface area contributed by atoms with E-state index in [9.17, 15) is 4.79 Å². The lowest BCUT2D eigenvalue weighted by Crippen LogP contribution is -2.27. The standard InChI is InChI=1S/C27H19IN2O3S2/c1-32-23-14-17(13-21(28)25(23)33-16-19-9-4-5-12-29-19)15-24-26(31)30(27(34)35-24)22-11-6-8-18-7-2-3-10-20(18)22/h2-15H,16H2,1H3/b24-15+. The fourth-order valence-electron chi connectivity index (χ4n) is 3.82. The van der Waals surface area contributed by atoms with Crippen LogP contribution in [0.5, 0.6) is 11.5 Å². The Hall–Kier alpha value is -2.95. The molecule has 0 N–H and O–H groups in total. The number of rotatable bonds is 6. The zero-order chi connectivity index (χ0) is 24.4. The highest BCUT2D eigenvalue weighted by molar-refractivity contribution is 14.1. The van der Waals surface area contributed by atoms with E-state index < -0.39 is 0 Å². The van der Waals surface area contributed by atoms with Crippen LogP contribution >= 0.6 is 46.6 Å². The van der Waals surface area contributed by atoms with Crippen molar-refractivity contribution in [3.8, 4) is 11.5 Å². The second kappa shape index (κ2) is 10.3. The smallest absolute Gasteiger partial charge is 0.270 e.